The van der Waals surface area contributed by atoms with Crippen molar-refractivity contribution in [1.82, 2.24) is 9.97 Å². The number of nitrogens with one attached hydrogen (secondary N) is 1. The highest BCUT2D eigenvalue weighted by Crippen LogP contribution is 2.27. The molecular formula is C22H11F4N3O2. The summed E-state index contributed by atoms with van der Waals surface area (Å²) in [4.78, 5) is 33.0. The summed E-state index contributed by atoms with van der Waals surface area (Å²) in [6, 6.07) is 10.6. The number of hydrogen-bond acceptors (Lipinski definition) is 4. The lowest BCUT2D eigenvalue weighted by atomic mass is 10.0. The number of ketones is 1. The van der Waals surface area contributed by atoms with E-state index in [0.717, 1.165) is 12.1 Å². The lowest BCUT2D eigenvalue weighted by molar-refractivity contribution is 0.101. The second-order valence-electron chi connectivity index (χ2n) is 6.44. The summed E-state index contributed by atoms with van der Waals surface area (Å²) in [5, 5.41) is 2.03. The maximum Gasteiger partial charge on any atom is 0.255 e. The summed E-state index contributed by atoms with van der Waals surface area (Å²) in [6.45, 7) is 0. The van der Waals surface area contributed by atoms with Crippen LogP contribution in [0.3, 0.4) is 0 Å². The molecule has 2 heterocycles. The molecule has 31 heavy (non-hydrogen) atoms. The van der Waals surface area contributed by atoms with Crippen molar-refractivity contribution in [2.75, 3.05) is 5.32 Å². The van der Waals surface area contributed by atoms with Gasteiger partial charge < -0.3 is 5.32 Å². The zero-order chi connectivity index (χ0) is 22.1. The third kappa shape index (κ3) is 3.85. The van der Waals surface area contributed by atoms with Gasteiger partial charge in [-0.3, -0.25) is 14.6 Å². The van der Waals surface area contributed by atoms with Gasteiger partial charge in [-0.15, -0.1) is 0 Å². The van der Waals surface area contributed by atoms with E-state index in [9.17, 15) is 27.2 Å². The highest BCUT2D eigenvalue weighted by molar-refractivity contribution is 6.10. The number of carbonyl (C=O) groups excluding carboxylic acids is 2. The fourth-order valence-electron chi connectivity index (χ4n) is 2.93. The molecule has 0 spiro atoms. The van der Waals surface area contributed by atoms with Gasteiger partial charge in [-0.1, -0.05) is 6.07 Å². The minimum atomic E-state index is -1.72. The van der Waals surface area contributed by atoms with Crippen LogP contribution in [0.1, 0.15) is 26.4 Å². The summed E-state index contributed by atoms with van der Waals surface area (Å²) in [5.74, 6) is -7.67. The van der Waals surface area contributed by atoms with Crippen LogP contribution < -0.4 is 5.32 Å². The summed E-state index contributed by atoms with van der Waals surface area (Å²) in [5.41, 5.74) is -1.77. The van der Waals surface area contributed by atoms with Crippen molar-refractivity contribution >= 4 is 28.4 Å². The monoisotopic (exact) mass is 425 g/mol. The molecule has 0 saturated carbocycles. The summed E-state index contributed by atoms with van der Waals surface area (Å²) in [6.07, 6.45) is 1.50. The number of carbonyl (C=O) groups is 2. The number of aromatic nitrogens is 2. The predicted molar refractivity (Wildman–Crippen MR) is 104 cm³/mol. The van der Waals surface area contributed by atoms with E-state index in [4.69, 9.17) is 0 Å². The Morgan fingerprint density at radius 1 is 0.839 bits per heavy atom. The molecule has 9 heteroatoms. The van der Waals surface area contributed by atoms with Gasteiger partial charge in [0.2, 0.25) is 5.78 Å². The largest absolute Gasteiger partial charge is 0.319 e. The number of rotatable bonds is 4. The SMILES string of the molecule is O=C(Nc1cc(F)c(F)c(C(=O)c2ccc3ncccc3n2)c1F)c1cccc(F)c1. The first-order chi connectivity index (χ1) is 14.8. The molecule has 2 aromatic carbocycles. The Labute approximate surface area is 172 Å². The number of amides is 1. The van der Waals surface area contributed by atoms with Gasteiger partial charge in [0.15, 0.2) is 17.5 Å². The van der Waals surface area contributed by atoms with Crippen LogP contribution in [0.5, 0.6) is 0 Å². The Kier molecular flexibility index (Phi) is 5.16. The van der Waals surface area contributed by atoms with Crippen LogP contribution in [-0.4, -0.2) is 21.7 Å². The Hall–Kier alpha value is -4.14. The van der Waals surface area contributed by atoms with Gasteiger partial charge in [0.25, 0.3) is 5.91 Å². The van der Waals surface area contributed by atoms with Crippen molar-refractivity contribution in [3.05, 3.63) is 101 Å². The minimum absolute atomic E-state index is 0.180. The first-order valence-electron chi connectivity index (χ1n) is 8.86. The van der Waals surface area contributed by atoms with Crippen molar-refractivity contribution in [3.8, 4) is 0 Å². The Balaban J connectivity index is 1.74. The third-order valence-electron chi connectivity index (χ3n) is 4.41. The van der Waals surface area contributed by atoms with Crippen molar-refractivity contribution in [3.63, 3.8) is 0 Å². The van der Waals surface area contributed by atoms with Gasteiger partial charge in [-0.2, -0.15) is 0 Å². The molecule has 4 aromatic rings. The van der Waals surface area contributed by atoms with Gasteiger partial charge >= 0.3 is 0 Å². The maximum absolute atomic E-state index is 15.0. The van der Waals surface area contributed by atoms with Crippen LogP contribution in [0.2, 0.25) is 0 Å². The fraction of sp³-hybridized carbons (Fsp3) is 0. The molecular weight excluding hydrogens is 414 g/mol. The van der Waals surface area contributed by atoms with E-state index in [1.54, 1.807) is 12.1 Å². The zero-order valence-corrected chi connectivity index (χ0v) is 15.5. The Morgan fingerprint density at radius 2 is 1.65 bits per heavy atom. The molecule has 0 aliphatic carbocycles. The summed E-state index contributed by atoms with van der Waals surface area (Å²) >= 11 is 0. The number of hydrogen-bond donors (Lipinski definition) is 1. The highest BCUT2D eigenvalue weighted by Gasteiger charge is 2.27. The van der Waals surface area contributed by atoms with Crippen molar-refractivity contribution in [2.45, 2.75) is 0 Å². The molecule has 0 aliphatic rings. The molecule has 0 fully saturated rings. The van der Waals surface area contributed by atoms with Gasteiger partial charge in [0.1, 0.15) is 17.1 Å². The standard InChI is InChI=1S/C22H11F4N3O2/c23-12-4-1-3-11(9-12)22(31)29-17-10-13(24)19(25)18(20(17)26)21(30)16-7-6-14-15(28-16)5-2-8-27-14/h1-10H,(H,29,31). The number of pyridine rings is 2. The van der Waals surface area contributed by atoms with Crippen LogP contribution in [0.15, 0.2) is 60.8 Å². The number of nitrogens with zero attached hydrogens (tertiary/aromatic N) is 2. The van der Waals surface area contributed by atoms with Gasteiger partial charge in [-0.05, 0) is 42.5 Å². The summed E-state index contributed by atoms with van der Waals surface area (Å²) < 4.78 is 56.8. The topological polar surface area (TPSA) is 72.0 Å². The van der Waals surface area contributed by atoms with Crippen LogP contribution in [-0.2, 0) is 0 Å². The highest BCUT2D eigenvalue weighted by atomic mass is 19.2. The molecule has 1 amide bonds. The smallest absolute Gasteiger partial charge is 0.255 e. The molecule has 1 N–H and O–H groups in total. The zero-order valence-electron chi connectivity index (χ0n) is 15.5. The molecule has 0 radical (unpaired) electrons. The fourth-order valence-corrected chi connectivity index (χ4v) is 2.93. The van der Waals surface area contributed by atoms with E-state index in [0.29, 0.717) is 17.1 Å². The number of halogens is 4. The predicted octanol–water partition coefficient (Wildman–Crippen LogP) is 4.67. The molecule has 0 atom stereocenters. The van der Waals surface area contributed by atoms with Crippen LogP contribution in [0.4, 0.5) is 23.2 Å². The van der Waals surface area contributed by atoms with Crippen LogP contribution in [0, 0.1) is 23.3 Å². The van der Waals surface area contributed by atoms with E-state index in [2.05, 4.69) is 9.97 Å². The number of benzene rings is 2. The third-order valence-corrected chi connectivity index (χ3v) is 4.41. The van der Waals surface area contributed by atoms with Crippen molar-refractivity contribution in [2.24, 2.45) is 0 Å². The quantitative estimate of drug-likeness (QED) is 0.293. The molecule has 4 rings (SSSR count). The average molecular weight is 425 g/mol. The molecule has 0 unspecified atom stereocenters. The van der Waals surface area contributed by atoms with Crippen molar-refractivity contribution in [1.29, 1.82) is 0 Å². The van der Waals surface area contributed by atoms with Crippen LogP contribution >= 0.6 is 0 Å². The van der Waals surface area contributed by atoms with Gasteiger partial charge in [0.05, 0.1) is 16.7 Å². The molecule has 0 aliphatic heterocycles. The molecule has 154 valence electrons. The van der Waals surface area contributed by atoms with E-state index in [-0.39, 0.29) is 11.3 Å². The molecule has 2 aromatic heterocycles. The Bertz CT molecular complexity index is 1360. The first kappa shape index (κ1) is 20.1. The second-order valence-corrected chi connectivity index (χ2v) is 6.44. The van der Waals surface area contributed by atoms with Gasteiger partial charge in [-0.25, -0.2) is 22.5 Å². The molecule has 0 saturated heterocycles. The van der Waals surface area contributed by atoms with Crippen molar-refractivity contribution < 1.29 is 27.2 Å². The van der Waals surface area contributed by atoms with Gasteiger partial charge in [0, 0.05) is 17.8 Å². The number of fused-ring (bicyclic) bond motifs is 1. The lowest BCUT2D eigenvalue weighted by Gasteiger charge is -2.11. The lowest BCUT2D eigenvalue weighted by Crippen LogP contribution is -2.17. The minimum Gasteiger partial charge on any atom is -0.319 e. The number of anilines is 1. The van der Waals surface area contributed by atoms with E-state index >= 15 is 0 Å². The maximum atomic E-state index is 15.0. The van der Waals surface area contributed by atoms with Crippen LogP contribution in [0.25, 0.3) is 11.0 Å². The molecule has 5 nitrogen and oxygen atoms in total. The van der Waals surface area contributed by atoms with E-state index < -0.39 is 46.2 Å². The van der Waals surface area contributed by atoms with E-state index in [1.165, 1.54) is 30.5 Å². The summed E-state index contributed by atoms with van der Waals surface area (Å²) in [7, 11) is 0. The normalized spacial score (nSPS) is 10.8. The molecule has 0 bridgehead atoms. The first-order valence-corrected chi connectivity index (χ1v) is 8.86. The van der Waals surface area contributed by atoms with E-state index in [1.807, 2.05) is 5.32 Å². The average Bonchev–Trinajstić information content (AvgIpc) is 2.77. The second kappa shape index (κ2) is 7.94. The Morgan fingerprint density at radius 3 is 2.42 bits per heavy atom.